The van der Waals surface area contributed by atoms with Crippen LogP contribution in [-0.2, 0) is 0 Å². The normalized spacial score (nSPS) is 10.6. The van der Waals surface area contributed by atoms with Gasteiger partial charge in [0.1, 0.15) is 17.0 Å². The van der Waals surface area contributed by atoms with Crippen LogP contribution in [0.25, 0.3) is 10.9 Å². The van der Waals surface area contributed by atoms with E-state index in [1.807, 2.05) is 19.9 Å². The number of hydrogen-bond acceptors (Lipinski definition) is 3. The summed E-state index contributed by atoms with van der Waals surface area (Å²) in [4.78, 5) is 18.1. The Morgan fingerprint density at radius 3 is 2.61 bits per heavy atom. The van der Waals surface area contributed by atoms with Gasteiger partial charge in [0.15, 0.2) is 0 Å². The Kier molecular flexibility index (Phi) is 3.46. The first-order valence-electron chi connectivity index (χ1n) is 6.05. The largest absolute Gasteiger partial charge is 0.506 e. The van der Waals surface area contributed by atoms with Crippen LogP contribution in [0, 0.1) is 0 Å². The molecule has 4 nitrogen and oxygen atoms in total. The summed E-state index contributed by atoms with van der Waals surface area (Å²) < 4.78 is 0. The van der Waals surface area contributed by atoms with Crippen molar-refractivity contribution in [1.82, 2.24) is 9.88 Å². The molecule has 1 heterocycles. The maximum atomic E-state index is 12.1. The summed E-state index contributed by atoms with van der Waals surface area (Å²) in [7, 11) is 0. The van der Waals surface area contributed by atoms with Crippen molar-refractivity contribution in [2.75, 3.05) is 13.1 Å². The number of amides is 1. The summed E-state index contributed by atoms with van der Waals surface area (Å²) in [6.45, 7) is 5.16. The number of para-hydroxylation sites is 1. The summed E-state index contributed by atoms with van der Waals surface area (Å²) in [5.74, 6) is -0.00755. The van der Waals surface area contributed by atoms with Crippen molar-refractivity contribution in [1.29, 1.82) is 0 Å². The molecule has 0 spiro atoms. The van der Waals surface area contributed by atoms with Crippen molar-refractivity contribution >= 4 is 16.8 Å². The topological polar surface area (TPSA) is 53.4 Å². The molecule has 0 aliphatic heterocycles. The van der Waals surface area contributed by atoms with Gasteiger partial charge >= 0.3 is 0 Å². The minimum absolute atomic E-state index is 0.0988. The fraction of sp³-hybridized carbons (Fsp3) is 0.286. The van der Waals surface area contributed by atoms with E-state index in [1.165, 1.54) is 0 Å². The molecule has 0 radical (unpaired) electrons. The van der Waals surface area contributed by atoms with Gasteiger partial charge in [-0.25, -0.2) is 4.98 Å². The van der Waals surface area contributed by atoms with Crippen LogP contribution in [0.4, 0.5) is 0 Å². The fourth-order valence-corrected chi connectivity index (χ4v) is 1.92. The Hall–Kier alpha value is -2.10. The first kappa shape index (κ1) is 12.4. The van der Waals surface area contributed by atoms with Gasteiger partial charge in [-0.05, 0) is 26.0 Å². The van der Waals surface area contributed by atoms with Crippen molar-refractivity contribution in [2.24, 2.45) is 0 Å². The van der Waals surface area contributed by atoms with E-state index in [0.29, 0.717) is 24.3 Å². The van der Waals surface area contributed by atoms with Crippen molar-refractivity contribution in [2.45, 2.75) is 13.8 Å². The molecular weight excluding hydrogens is 228 g/mol. The zero-order chi connectivity index (χ0) is 13.1. The van der Waals surface area contributed by atoms with Crippen LogP contribution in [0.15, 0.2) is 30.3 Å². The van der Waals surface area contributed by atoms with Crippen molar-refractivity contribution in [3.05, 3.63) is 36.0 Å². The second-order valence-electron chi connectivity index (χ2n) is 4.02. The third-order valence-corrected chi connectivity index (χ3v) is 2.97. The summed E-state index contributed by atoms with van der Waals surface area (Å²) in [5.41, 5.74) is 0.836. The average Bonchev–Trinajstić information content (AvgIpc) is 2.40. The zero-order valence-electron chi connectivity index (χ0n) is 10.6. The SMILES string of the molecule is CCN(CC)C(=O)c1ccc2cccc(O)c2n1. The molecule has 1 amide bonds. The molecule has 2 aromatic rings. The van der Waals surface area contributed by atoms with Crippen LogP contribution in [0.1, 0.15) is 24.3 Å². The number of fused-ring (bicyclic) bond motifs is 1. The molecule has 1 N–H and O–H groups in total. The summed E-state index contributed by atoms with van der Waals surface area (Å²) in [6, 6.07) is 8.68. The van der Waals surface area contributed by atoms with Gasteiger partial charge in [-0.15, -0.1) is 0 Å². The van der Waals surface area contributed by atoms with Gasteiger partial charge in [-0.1, -0.05) is 18.2 Å². The monoisotopic (exact) mass is 244 g/mol. The number of aromatic nitrogens is 1. The fourth-order valence-electron chi connectivity index (χ4n) is 1.92. The Labute approximate surface area is 106 Å². The number of benzene rings is 1. The molecule has 94 valence electrons. The highest BCUT2D eigenvalue weighted by Crippen LogP contribution is 2.22. The van der Waals surface area contributed by atoms with Crippen LogP contribution in [0.3, 0.4) is 0 Å². The van der Waals surface area contributed by atoms with Crippen LogP contribution in [0.5, 0.6) is 5.75 Å². The van der Waals surface area contributed by atoms with Crippen molar-refractivity contribution in [3.8, 4) is 5.75 Å². The van der Waals surface area contributed by atoms with Gasteiger partial charge in [-0.2, -0.15) is 0 Å². The van der Waals surface area contributed by atoms with Crippen LogP contribution < -0.4 is 0 Å². The summed E-state index contributed by atoms with van der Waals surface area (Å²) >= 11 is 0. The van der Waals surface area contributed by atoms with E-state index in [-0.39, 0.29) is 11.7 Å². The number of rotatable bonds is 3. The number of phenolic OH excluding ortho intramolecular Hbond substituents is 1. The average molecular weight is 244 g/mol. The number of carbonyl (C=O) groups is 1. The lowest BCUT2D eigenvalue weighted by Crippen LogP contribution is -2.31. The first-order chi connectivity index (χ1) is 8.67. The molecule has 0 aliphatic rings. The lowest BCUT2D eigenvalue weighted by atomic mass is 10.2. The minimum Gasteiger partial charge on any atom is -0.506 e. The third kappa shape index (κ3) is 2.14. The smallest absolute Gasteiger partial charge is 0.272 e. The van der Waals surface area contributed by atoms with Crippen LogP contribution >= 0.6 is 0 Å². The second kappa shape index (κ2) is 5.04. The van der Waals surface area contributed by atoms with Gasteiger partial charge in [0.25, 0.3) is 5.91 Å². The van der Waals surface area contributed by atoms with E-state index >= 15 is 0 Å². The number of nitrogens with zero attached hydrogens (tertiary/aromatic N) is 2. The second-order valence-corrected chi connectivity index (χ2v) is 4.02. The van der Waals surface area contributed by atoms with Crippen LogP contribution in [0.2, 0.25) is 0 Å². The molecule has 0 bridgehead atoms. The molecule has 0 saturated heterocycles. The van der Waals surface area contributed by atoms with Gasteiger partial charge in [0, 0.05) is 18.5 Å². The third-order valence-electron chi connectivity index (χ3n) is 2.97. The predicted molar refractivity (Wildman–Crippen MR) is 70.7 cm³/mol. The molecule has 1 aromatic heterocycles. The maximum absolute atomic E-state index is 12.1. The Balaban J connectivity index is 2.47. The molecule has 1 aromatic carbocycles. The quantitative estimate of drug-likeness (QED) is 0.902. The zero-order valence-corrected chi connectivity index (χ0v) is 10.6. The molecule has 18 heavy (non-hydrogen) atoms. The highest BCUT2D eigenvalue weighted by molar-refractivity contribution is 5.95. The molecule has 0 fully saturated rings. The molecule has 0 atom stereocenters. The lowest BCUT2D eigenvalue weighted by Gasteiger charge is -2.18. The van der Waals surface area contributed by atoms with E-state index in [9.17, 15) is 9.90 Å². The van der Waals surface area contributed by atoms with Crippen LogP contribution in [-0.4, -0.2) is 34.0 Å². The van der Waals surface area contributed by atoms with E-state index < -0.39 is 0 Å². The predicted octanol–water partition coefficient (Wildman–Crippen LogP) is 2.42. The highest BCUT2D eigenvalue weighted by Gasteiger charge is 2.14. The van der Waals surface area contributed by atoms with Gasteiger partial charge in [-0.3, -0.25) is 4.79 Å². The lowest BCUT2D eigenvalue weighted by molar-refractivity contribution is 0.0767. The van der Waals surface area contributed by atoms with Gasteiger partial charge < -0.3 is 10.0 Å². The molecule has 2 rings (SSSR count). The molecule has 0 saturated carbocycles. The number of phenols is 1. The molecule has 0 unspecified atom stereocenters. The number of aromatic hydroxyl groups is 1. The molecule has 4 heteroatoms. The summed E-state index contributed by atoms with van der Waals surface area (Å²) in [5, 5.41) is 10.6. The number of pyridine rings is 1. The highest BCUT2D eigenvalue weighted by atomic mass is 16.3. The Morgan fingerprint density at radius 1 is 1.22 bits per heavy atom. The molecular formula is C14H16N2O2. The van der Waals surface area contributed by atoms with Crippen molar-refractivity contribution in [3.63, 3.8) is 0 Å². The Morgan fingerprint density at radius 2 is 1.94 bits per heavy atom. The molecule has 0 aliphatic carbocycles. The van der Waals surface area contributed by atoms with E-state index in [4.69, 9.17) is 0 Å². The van der Waals surface area contributed by atoms with Gasteiger partial charge in [0.2, 0.25) is 0 Å². The maximum Gasteiger partial charge on any atom is 0.272 e. The standard InChI is InChI=1S/C14H16N2O2/c1-3-16(4-2)14(18)11-9-8-10-6-5-7-12(17)13(10)15-11/h5-9,17H,3-4H2,1-2H3. The number of hydrogen-bond donors (Lipinski definition) is 1. The van der Waals surface area contributed by atoms with E-state index in [2.05, 4.69) is 4.98 Å². The first-order valence-corrected chi connectivity index (χ1v) is 6.05. The minimum atomic E-state index is -0.106. The summed E-state index contributed by atoms with van der Waals surface area (Å²) in [6.07, 6.45) is 0. The van der Waals surface area contributed by atoms with Crippen molar-refractivity contribution < 1.29 is 9.90 Å². The van der Waals surface area contributed by atoms with E-state index in [1.54, 1.807) is 29.2 Å². The number of carbonyl (C=O) groups excluding carboxylic acids is 1. The Bertz CT molecular complexity index is 577. The van der Waals surface area contributed by atoms with E-state index in [0.717, 1.165) is 5.39 Å². The van der Waals surface area contributed by atoms with Gasteiger partial charge in [0.05, 0.1) is 0 Å².